The molecule has 0 bridgehead atoms. The van der Waals surface area contributed by atoms with E-state index in [1.807, 2.05) is 6.92 Å². The molecule has 3 nitrogen and oxygen atoms in total. The fourth-order valence-electron chi connectivity index (χ4n) is 1.05. The highest BCUT2D eigenvalue weighted by Gasteiger charge is 2.44. The van der Waals surface area contributed by atoms with Crippen molar-refractivity contribution in [2.75, 3.05) is 13.2 Å². The molecule has 0 aromatic heterocycles. The molecular weight excluding hydrogens is 120 g/mol. The third kappa shape index (κ3) is 0.956. The van der Waals surface area contributed by atoms with Crippen molar-refractivity contribution in [3.63, 3.8) is 0 Å². The zero-order valence-electron chi connectivity index (χ0n) is 5.37. The van der Waals surface area contributed by atoms with Crippen molar-refractivity contribution >= 4 is 0 Å². The van der Waals surface area contributed by atoms with Crippen LogP contribution in [-0.2, 0) is 14.2 Å². The van der Waals surface area contributed by atoms with Crippen molar-refractivity contribution in [2.24, 2.45) is 0 Å². The van der Waals surface area contributed by atoms with Crippen molar-refractivity contribution in [1.82, 2.24) is 0 Å². The van der Waals surface area contributed by atoms with Crippen LogP contribution < -0.4 is 0 Å². The highest BCUT2D eigenvalue weighted by atomic mass is 16.8. The van der Waals surface area contributed by atoms with Crippen LogP contribution in [0.3, 0.4) is 0 Å². The molecule has 0 N–H and O–H groups in total. The summed E-state index contributed by atoms with van der Waals surface area (Å²) in [6.45, 7) is 3.46. The van der Waals surface area contributed by atoms with Gasteiger partial charge in [-0.15, -0.1) is 0 Å². The van der Waals surface area contributed by atoms with Gasteiger partial charge in [0.1, 0.15) is 6.10 Å². The normalized spacial score (nSPS) is 43.7. The van der Waals surface area contributed by atoms with Gasteiger partial charge in [0.25, 0.3) is 0 Å². The van der Waals surface area contributed by atoms with Crippen molar-refractivity contribution < 1.29 is 14.2 Å². The molecular formula is C6H10O3. The number of hydrogen-bond donors (Lipinski definition) is 0. The SMILES string of the molecule is CC1OC1C1OCCO1. The van der Waals surface area contributed by atoms with E-state index >= 15 is 0 Å². The Hall–Kier alpha value is -0.120. The molecule has 2 unspecified atom stereocenters. The summed E-state index contributed by atoms with van der Waals surface area (Å²) < 4.78 is 15.6. The first-order chi connectivity index (χ1) is 4.38. The monoisotopic (exact) mass is 130 g/mol. The van der Waals surface area contributed by atoms with Crippen LogP contribution in [-0.4, -0.2) is 31.7 Å². The summed E-state index contributed by atoms with van der Waals surface area (Å²) in [5, 5.41) is 0. The Labute approximate surface area is 53.9 Å². The van der Waals surface area contributed by atoms with E-state index < -0.39 is 0 Å². The number of hydrogen-bond acceptors (Lipinski definition) is 3. The van der Waals surface area contributed by atoms with Crippen LogP contribution >= 0.6 is 0 Å². The topological polar surface area (TPSA) is 31.0 Å². The second-order valence-corrected chi connectivity index (χ2v) is 2.42. The van der Waals surface area contributed by atoms with Crippen LogP contribution in [0, 0.1) is 0 Å². The van der Waals surface area contributed by atoms with Gasteiger partial charge in [0.05, 0.1) is 19.3 Å². The first-order valence-electron chi connectivity index (χ1n) is 3.26. The van der Waals surface area contributed by atoms with E-state index in [1.54, 1.807) is 0 Å². The zero-order valence-corrected chi connectivity index (χ0v) is 5.37. The third-order valence-electron chi connectivity index (χ3n) is 1.67. The van der Waals surface area contributed by atoms with Crippen LogP contribution in [0.15, 0.2) is 0 Å². The van der Waals surface area contributed by atoms with Crippen molar-refractivity contribution in [3.8, 4) is 0 Å². The second kappa shape index (κ2) is 1.94. The van der Waals surface area contributed by atoms with E-state index in [9.17, 15) is 0 Å². The number of rotatable bonds is 1. The molecule has 2 aliphatic rings. The molecule has 9 heavy (non-hydrogen) atoms. The first kappa shape index (κ1) is 5.65. The smallest absolute Gasteiger partial charge is 0.186 e. The van der Waals surface area contributed by atoms with E-state index in [0.717, 1.165) is 13.2 Å². The van der Waals surface area contributed by atoms with Crippen molar-refractivity contribution in [1.29, 1.82) is 0 Å². The average Bonchev–Trinajstić information content (AvgIpc) is 2.44. The molecule has 2 fully saturated rings. The molecule has 0 spiro atoms. The molecule has 0 amide bonds. The summed E-state index contributed by atoms with van der Waals surface area (Å²) in [5.74, 6) is 0. The third-order valence-corrected chi connectivity index (χ3v) is 1.67. The van der Waals surface area contributed by atoms with Crippen LogP contribution in [0.4, 0.5) is 0 Å². The lowest BCUT2D eigenvalue weighted by molar-refractivity contribution is -0.0589. The summed E-state index contributed by atoms with van der Waals surface area (Å²) in [5.41, 5.74) is 0. The minimum atomic E-state index is -0.0694. The highest BCUT2D eigenvalue weighted by molar-refractivity contribution is 4.84. The fraction of sp³-hybridized carbons (Fsp3) is 1.00. The fourth-order valence-corrected chi connectivity index (χ4v) is 1.05. The Kier molecular flexibility index (Phi) is 1.22. The number of epoxide rings is 1. The Bertz CT molecular complexity index is 109. The molecule has 2 heterocycles. The van der Waals surface area contributed by atoms with Gasteiger partial charge in [0.2, 0.25) is 0 Å². The maximum absolute atomic E-state index is 5.20. The maximum Gasteiger partial charge on any atom is 0.186 e. The van der Waals surface area contributed by atoms with Crippen LogP contribution in [0.2, 0.25) is 0 Å². The van der Waals surface area contributed by atoms with Gasteiger partial charge in [-0.1, -0.05) is 0 Å². The van der Waals surface area contributed by atoms with E-state index in [1.165, 1.54) is 0 Å². The van der Waals surface area contributed by atoms with Crippen molar-refractivity contribution in [2.45, 2.75) is 25.4 Å². The van der Waals surface area contributed by atoms with E-state index in [-0.39, 0.29) is 12.4 Å². The lowest BCUT2D eigenvalue weighted by Crippen LogP contribution is -2.16. The quantitative estimate of drug-likeness (QED) is 0.473. The Morgan fingerprint density at radius 1 is 1.22 bits per heavy atom. The molecule has 2 atom stereocenters. The van der Waals surface area contributed by atoms with Crippen LogP contribution in [0.5, 0.6) is 0 Å². The molecule has 2 saturated heterocycles. The van der Waals surface area contributed by atoms with Gasteiger partial charge in [0, 0.05) is 0 Å². The molecule has 0 aliphatic carbocycles. The summed E-state index contributed by atoms with van der Waals surface area (Å²) >= 11 is 0. The lowest BCUT2D eigenvalue weighted by atomic mass is 10.3. The Balaban J connectivity index is 1.85. The van der Waals surface area contributed by atoms with Crippen LogP contribution in [0.25, 0.3) is 0 Å². The number of ether oxygens (including phenoxy) is 3. The molecule has 2 rings (SSSR count). The molecule has 0 aromatic carbocycles. The van der Waals surface area contributed by atoms with Crippen molar-refractivity contribution in [3.05, 3.63) is 0 Å². The Morgan fingerprint density at radius 3 is 2.22 bits per heavy atom. The van der Waals surface area contributed by atoms with Gasteiger partial charge in [-0.05, 0) is 6.92 Å². The summed E-state index contributed by atoms with van der Waals surface area (Å²) in [6, 6.07) is 0. The molecule has 0 aromatic rings. The lowest BCUT2D eigenvalue weighted by Gasteiger charge is -2.02. The van der Waals surface area contributed by atoms with Gasteiger partial charge >= 0.3 is 0 Å². The van der Waals surface area contributed by atoms with Gasteiger partial charge in [-0.25, -0.2) is 0 Å². The predicted molar refractivity (Wildman–Crippen MR) is 30.0 cm³/mol. The average molecular weight is 130 g/mol. The van der Waals surface area contributed by atoms with E-state index in [2.05, 4.69) is 0 Å². The summed E-state index contributed by atoms with van der Waals surface area (Å²) in [4.78, 5) is 0. The van der Waals surface area contributed by atoms with E-state index in [0.29, 0.717) is 6.10 Å². The minimum Gasteiger partial charge on any atom is -0.364 e. The zero-order chi connectivity index (χ0) is 6.27. The first-order valence-corrected chi connectivity index (χ1v) is 3.26. The van der Waals surface area contributed by atoms with E-state index in [4.69, 9.17) is 14.2 Å². The standard InChI is InChI=1S/C6H10O3/c1-4-5(9-4)6-7-2-3-8-6/h4-6H,2-3H2,1H3. The molecule has 2 aliphatic heterocycles. The molecule has 3 heteroatoms. The minimum absolute atomic E-state index is 0.0694. The summed E-state index contributed by atoms with van der Waals surface area (Å²) in [7, 11) is 0. The van der Waals surface area contributed by atoms with Gasteiger partial charge in [-0.2, -0.15) is 0 Å². The second-order valence-electron chi connectivity index (χ2n) is 2.42. The Morgan fingerprint density at radius 2 is 1.78 bits per heavy atom. The molecule has 0 radical (unpaired) electrons. The largest absolute Gasteiger partial charge is 0.364 e. The summed E-state index contributed by atoms with van der Waals surface area (Å²) in [6.07, 6.45) is 0.487. The highest BCUT2D eigenvalue weighted by Crippen LogP contribution is 2.28. The van der Waals surface area contributed by atoms with Gasteiger partial charge in [0.15, 0.2) is 6.29 Å². The molecule has 0 saturated carbocycles. The van der Waals surface area contributed by atoms with Crippen LogP contribution in [0.1, 0.15) is 6.92 Å². The predicted octanol–water partition coefficient (Wildman–Crippen LogP) is 0.147. The van der Waals surface area contributed by atoms with Gasteiger partial charge in [-0.3, -0.25) is 0 Å². The maximum atomic E-state index is 5.20. The van der Waals surface area contributed by atoms with Gasteiger partial charge < -0.3 is 14.2 Å². The molecule has 52 valence electrons.